The van der Waals surface area contributed by atoms with E-state index in [1.807, 2.05) is 43.3 Å². The molecule has 2 rings (SSSR count). The van der Waals surface area contributed by atoms with Crippen molar-refractivity contribution in [3.05, 3.63) is 64.7 Å². The van der Waals surface area contributed by atoms with Crippen LogP contribution in [0.15, 0.2) is 48.5 Å². The molecular weight excluding hydrogens is 286 g/mol. The van der Waals surface area contributed by atoms with Crippen LogP contribution < -0.4 is 10.1 Å². The van der Waals surface area contributed by atoms with Gasteiger partial charge in [0.05, 0.1) is 13.2 Å². The number of hydrogen-bond acceptors (Lipinski definition) is 3. The number of aliphatic hydroxyl groups excluding tert-OH is 1. The summed E-state index contributed by atoms with van der Waals surface area (Å²) in [4.78, 5) is 0. The summed E-state index contributed by atoms with van der Waals surface area (Å²) >= 11 is 5.85. The molecule has 2 N–H and O–H groups in total. The largest absolute Gasteiger partial charge is 0.496 e. The molecule has 2 unspecified atom stereocenters. The Morgan fingerprint density at radius 3 is 2.48 bits per heavy atom. The molecule has 0 amide bonds. The highest BCUT2D eigenvalue weighted by Crippen LogP contribution is 2.25. The van der Waals surface area contributed by atoms with Crippen LogP contribution in [0, 0.1) is 0 Å². The van der Waals surface area contributed by atoms with Crippen molar-refractivity contribution in [3.63, 3.8) is 0 Å². The first kappa shape index (κ1) is 15.8. The summed E-state index contributed by atoms with van der Waals surface area (Å²) in [5.41, 5.74) is 1.92. The molecule has 0 aromatic heterocycles. The van der Waals surface area contributed by atoms with Gasteiger partial charge in [-0.1, -0.05) is 41.9 Å². The number of benzene rings is 2. The van der Waals surface area contributed by atoms with Crippen LogP contribution in [0.5, 0.6) is 5.75 Å². The van der Waals surface area contributed by atoms with E-state index in [-0.39, 0.29) is 6.04 Å². The monoisotopic (exact) mass is 305 g/mol. The first-order valence-corrected chi connectivity index (χ1v) is 7.29. The molecule has 0 bridgehead atoms. The van der Waals surface area contributed by atoms with Crippen LogP contribution >= 0.6 is 11.6 Å². The minimum atomic E-state index is -0.570. The van der Waals surface area contributed by atoms with Gasteiger partial charge in [0.15, 0.2) is 0 Å². The molecule has 4 heteroatoms. The van der Waals surface area contributed by atoms with Crippen LogP contribution in [0.4, 0.5) is 0 Å². The van der Waals surface area contributed by atoms with Crippen LogP contribution in [0.25, 0.3) is 0 Å². The predicted molar refractivity (Wildman–Crippen MR) is 85.8 cm³/mol. The maximum absolute atomic E-state index is 10.2. The lowest BCUT2D eigenvalue weighted by atomic mass is 10.1. The maximum atomic E-state index is 10.2. The third-order valence-electron chi connectivity index (χ3n) is 3.48. The first-order chi connectivity index (χ1) is 10.1. The number of para-hydroxylation sites is 1. The molecule has 0 heterocycles. The van der Waals surface area contributed by atoms with Gasteiger partial charge in [-0.2, -0.15) is 0 Å². The lowest BCUT2D eigenvalue weighted by Gasteiger charge is -2.19. The summed E-state index contributed by atoms with van der Waals surface area (Å²) < 4.78 is 5.35. The van der Waals surface area contributed by atoms with Crippen molar-refractivity contribution < 1.29 is 9.84 Å². The van der Waals surface area contributed by atoms with Crippen LogP contribution in [-0.4, -0.2) is 18.8 Å². The van der Waals surface area contributed by atoms with E-state index in [1.165, 1.54) is 0 Å². The van der Waals surface area contributed by atoms with Gasteiger partial charge in [-0.3, -0.25) is 0 Å². The van der Waals surface area contributed by atoms with Crippen molar-refractivity contribution in [2.45, 2.75) is 19.1 Å². The van der Waals surface area contributed by atoms with Crippen molar-refractivity contribution in [3.8, 4) is 5.75 Å². The fourth-order valence-corrected chi connectivity index (χ4v) is 2.35. The molecular formula is C17H20ClNO2. The topological polar surface area (TPSA) is 41.5 Å². The smallest absolute Gasteiger partial charge is 0.123 e. The van der Waals surface area contributed by atoms with Gasteiger partial charge in [0.1, 0.15) is 5.75 Å². The number of aliphatic hydroxyl groups is 1. The molecule has 112 valence electrons. The molecule has 0 fully saturated rings. The molecule has 21 heavy (non-hydrogen) atoms. The second-order valence-corrected chi connectivity index (χ2v) is 5.38. The lowest BCUT2D eigenvalue weighted by Crippen LogP contribution is -2.25. The fourth-order valence-electron chi connectivity index (χ4n) is 2.23. The van der Waals surface area contributed by atoms with Crippen LogP contribution in [0.1, 0.15) is 30.2 Å². The SMILES string of the molecule is COc1ccccc1C(C)NCC(O)c1ccc(Cl)cc1. The van der Waals surface area contributed by atoms with Crippen molar-refractivity contribution in [2.75, 3.05) is 13.7 Å². The number of nitrogens with one attached hydrogen (secondary N) is 1. The number of hydrogen-bond donors (Lipinski definition) is 2. The number of ether oxygens (including phenoxy) is 1. The molecule has 0 saturated heterocycles. The zero-order chi connectivity index (χ0) is 15.2. The zero-order valence-electron chi connectivity index (χ0n) is 12.2. The van der Waals surface area contributed by atoms with Gasteiger partial charge in [-0.15, -0.1) is 0 Å². The Morgan fingerprint density at radius 2 is 1.81 bits per heavy atom. The van der Waals surface area contributed by atoms with E-state index < -0.39 is 6.10 Å². The lowest BCUT2D eigenvalue weighted by molar-refractivity contribution is 0.170. The Balaban J connectivity index is 1.97. The predicted octanol–water partition coefficient (Wildman–Crippen LogP) is 3.73. The van der Waals surface area contributed by atoms with E-state index in [4.69, 9.17) is 16.3 Å². The minimum absolute atomic E-state index is 0.0862. The molecule has 0 saturated carbocycles. The number of methoxy groups -OCH3 is 1. The molecule has 0 radical (unpaired) electrons. The standard InChI is InChI=1S/C17H20ClNO2/c1-12(15-5-3-4-6-17(15)21-2)19-11-16(20)13-7-9-14(18)10-8-13/h3-10,12,16,19-20H,11H2,1-2H3. The average molecular weight is 306 g/mol. The molecule has 3 nitrogen and oxygen atoms in total. The van der Waals surface area contributed by atoms with E-state index in [1.54, 1.807) is 19.2 Å². The van der Waals surface area contributed by atoms with Gasteiger partial charge < -0.3 is 15.2 Å². The highest BCUT2D eigenvalue weighted by Gasteiger charge is 2.13. The van der Waals surface area contributed by atoms with Crippen molar-refractivity contribution >= 4 is 11.6 Å². The van der Waals surface area contributed by atoms with Gasteiger partial charge >= 0.3 is 0 Å². The summed E-state index contributed by atoms with van der Waals surface area (Å²) in [6.07, 6.45) is -0.570. The highest BCUT2D eigenvalue weighted by molar-refractivity contribution is 6.30. The summed E-state index contributed by atoms with van der Waals surface area (Å²) in [6, 6.07) is 15.2. The van der Waals surface area contributed by atoms with Gasteiger partial charge in [-0.25, -0.2) is 0 Å². The second kappa shape index (κ2) is 7.46. The first-order valence-electron chi connectivity index (χ1n) is 6.91. The molecule has 2 aromatic carbocycles. The van der Waals surface area contributed by atoms with Crippen molar-refractivity contribution in [2.24, 2.45) is 0 Å². The molecule has 2 atom stereocenters. The number of rotatable bonds is 6. The van der Waals surface area contributed by atoms with E-state index in [2.05, 4.69) is 5.32 Å². The summed E-state index contributed by atoms with van der Waals surface area (Å²) in [5.74, 6) is 0.846. The van der Waals surface area contributed by atoms with Crippen LogP contribution in [0.3, 0.4) is 0 Å². The van der Waals surface area contributed by atoms with Crippen molar-refractivity contribution in [1.82, 2.24) is 5.32 Å². The second-order valence-electron chi connectivity index (χ2n) is 4.94. The molecule has 2 aromatic rings. The molecule has 0 aliphatic carbocycles. The highest BCUT2D eigenvalue weighted by atomic mass is 35.5. The Bertz CT molecular complexity index is 571. The quantitative estimate of drug-likeness (QED) is 0.854. The van der Waals surface area contributed by atoms with E-state index >= 15 is 0 Å². The summed E-state index contributed by atoms with van der Waals surface area (Å²) in [6.45, 7) is 2.51. The van der Waals surface area contributed by atoms with Gasteiger partial charge in [0, 0.05) is 23.2 Å². The fraction of sp³-hybridized carbons (Fsp3) is 0.294. The molecule has 0 spiro atoms. The van der Waals surface area contributed by atoms with Crippen LogP contribution in [0.2, 0.25) is 5.02 Å². The van der Waals surface area contributed by atoms with Crippen molar-refractivity contribution in [1.29, 1.82) is 0 Å². The Morgan fingerprint density at radius 1 is 1.14 bits per heavy atom. The summed E-state index contributed by atoms with van der Waals surface area (Å²) in [5, 5.41) is 14.2. The normalized spacial score (nSPS) is 13.7. The third kappa shape index (κ3) is 4.21. The van der Waals surface area contributed by atoms with Gasteiger partial charge in [0.25, 0.3) is 0 Å². The third-order valence-corrected chi connectivity index (χ3v) is 3.73. The Labute approximate surface area is 130 Å². The molecule has 0 aliphatic heterocycles. The van der Waals surface area contributed by atoms with E-state index in [0.717, 1.165) is 16.9 Å². The molecule has 0 aliphatic rings. The Hall–Kier alpha value is -1.55. The van der Waals surface area contributed by atoms with Gasteiger partial charge in [-0.05, 0) is 30.7 Å². The van der Waals surface area contributed by atoms with E-state index in [9.17, 15) is 5.11 Å². The zero-order valence-corrected chi connectivity index (χ0v) is 13.0. The van der Waals surface area contributed by atoms with Crippen LogP contribution in [-0.2, 0) is 0 Å². The Kier molecular flexibility index (Phi) is 5.62. The van der Waals surface area contributed by atoms with E-state index in [0.29, 0.717) is 11.6 Å². The van der Waals surface area contributed by atoms with Gasteiger partial charge in [0.2, 0.25) is 0 Å². The average Bonchev–Trinajstić information content (AvgIpc) is 2.52. The maximum Gasteiger partial charge on any atom is 0.123 e. The number of halogens is 1. The summed E-state index contributed by atoms with van der Waals surface area (Å²) in [7, 11) is 1.66. The minimum Gasteiger partial charge on any atom is -0.496 e.